The van der Waals surface area contributed by atoms with Gasteiger partial charge < -0.3 is 10.4 Å². The molecule has 0 aliphatic carbocycles. The maximum Gasteiger partial charge on any atom is 0.303 e. The smallest absolute Gasteiger partial charge is 0.303 e. The number of nitro benzene ring substituents is 1. The van der Waals surface area contributed by atoms with Crippen LogP contribution in [0.15, 0.2) is 59.5 Å². The van der Waals surface area contributed by atoms with Crippen LogP contribution < -0.4 is 5.32 Å². The number of non-ortho nitro benzene ring substituents is 1. The van der Waals surface area contributed by atoms with Crippen molar-refractivity contribution in [2.45, 2.75) is 30.2 Å². The maximum atomic E-state index is 12.2. The lowest BCUT2D eigenvalue weighted by atomic mass is 10.0. The molecule has 142 valence electrons. The molecule has 0 heterocycles. The van der Waals surface area contributed by atoms with Gasteiger partial charge in [0.05, 0.1) is 10.7 Å². The van der Waals surface area contributed by atoms with Gasteiger partial charge >= 0.3 is 5.97 Å². The van der Waals surface area contributed by atoms with Crippen LogP contribution in [-0.4, -0.2) is 33.7 Å². The molecule has 0 aromatic heterocycles. The van der Waals surface area contributed by atoms with Crippen LogP contribution in [0.25, 0.3) is 0 Å². The van der Waals surface area contributed by atoms with Gasteiger partial charge in [0.1, 0.15) is 0 Å². The number of hydrogen-bond acceptors (Lipinski definition) is 5. The topological polar surface area (TPSA) is 110 Å². The van der Waals surface area contributed by atoms with Crippen molar-refractivity contribution in [1.82, 2.24) is 5.32 Å². The summed E-state index contributed by atoms with van der Waals surface area (Å²) in [4.78, 5) is 34.0. The van der Waals surface area contributed by atoms with Gasteiger partial charge in [0.15, 0.2) is 0 Å². The summed E-state index contributed by atoms with van der Waals surface area (Å²) in [6.07, 6.45) is 0.882. The normalized spacial score (nSPS) is 11.6. The van der Waals surface area contributed by atoms with Crippen molar-refractivity contribution in [2.75, 3.05) is 5.75 Å². The van der Waals surface area contributed by atoms with Gasteiger partial charge in [0.25, 0.3) is 5.69 Å². The third kappa shape index (κ3) is 7.49. The Hall–Kier alpha value is -2.87. The lowest BCUT2D eigenvalue weighted by molar-refractivity contribution is -0.384. The van der Waals surface area contributed by atoms with Crippen molar-refractivity contribution in [3.63, 3.8) is 0 Å². The molecule has 0 spiro atoms. The van der Waals surface area contributed by atoms with Crippen LogP contribution in [0.4, 0.5) is 5.69 Å². The number of carbonyl (C=O) groups is 2. The molecule has 0 saturated heterocycles. The summed E-state index contributed by atoms with van der Waals surface area (Å²) in [7, 11) is 0. The molecule has 7 nitrogen and oxygen atoms in total. The van der Waals surface area contributed by atoms with Crippen LogP contribution in [0.5, 0.6) is 0 Å². The Balaban J connectivity index is 1.89. The summed E-state index contributed by atoms with van der Waals surface area (Å²) in [5.74, 6) is -0.955. The molecule has 1 unspecified atom stereocenters. The Morgan fingerprint density at radius 1 is 1.11 bits per heavy atom. The second-order valence-corrected chi connectivity index (χ2v) is 6.98. The molecule has 2 N–H and O–H groups in total. The van der Waals surface area contributed by atoms with Gasteiger partial charge in [-0.1, -0.05) is 30.3 Å². The molecule has 27 heavy (non-hydrogen) atoms. The Morgan fingerprint density at radius 2 is 1.78 bits per heavy atom. The number of nitrogens with zero attached hydrogens (tertiary/aromatic N) is 1. The summed E-state index contributed by atoms with van der Waals surface area (Å²) in [6, 6.07) is 15.3. The summed E-state index contributed by atoms with van der Waals surface area (Å²) in [5, 5.41) is 22.5. The molecule has 1 atom stereocenters. The summed E-state index contributed by atoms with van der Waals surface area (Å²) in [5.41, 5.74) is 1.02. The van der Waals surface area contributed by atoms with Gasteiger partial charge in [0.2, 0.25) is 5.91 Å². The number of hydrogen-bond donors (Lipinski definition) is 2. The predicted molar refractivity (Wildman–Crippen MR) is 103 cm³/mol. The van der Waals surface area contributed by atoms with E-state index in [4.69, 9.17) is 5.11 Å². The number of thioether (sulfide) groups is 1. The highest BCUT2D eigenvalue weighted by molar-refractivity contribution is 8.00. The standard InChI is InChI=1S/C19H20N2O5S/c22-18(13-27-17-9-7-16(8-10-17)21(25)26)20-15(6-11-19(23)24)12-14-4-2-1-3-5-14/h1-5,7-10,15H,6,11-13H2,(H,20,22)(H,23,24). The molecule has 8 heteroatoms. The second-order valence-electron chi connectivity index (χ2n) is 5.93. The van der Waals surface area contributed by atoms with E-state index in [1.165, 1.54) is 23.9 Å². The van der Waals surface area contributed by atoms with Crippen molar-refractivity contribution in [3.8, 4) is 0 Å². The summed E-state index contributed by atoms with van der Waals surface area (Å²) < 4.78 is 0. The average Bonchev–Trinajstić information content (AvgIpc) is 2.65. The number of carboxylic acid groups (broad SMARTS) is 1. The molecule has 2 aromatic carbocycles. The number of rotatable bonds is 10. The largest absolute Gasteiger partial charge is 0.481 e. The fraction of sp³-hybridized carbons (Fsp3) is 0.263. The lowest BCUT2D eigenvalue weighted by Gasteiger charge is -2.18. The first-order valence-corrected chi connectivity index (χ1v) is 9.35. The quantitative estimate of drug-likeness (QED) is 0.367. The third-order valence-corrected chi connectivity index (χ3v) is 4.83. The van der Waals surface area contributed by atoms with E-state index in [-0.39, 0.29) is 29.8 Å². The predicted octanol–water partition coefficient (Wildman–Crippen LogP) is 3.28. The molecular weight excluding hydrogens is 368 g/mol. The number of amides is 1. The fourth-order valence-corrected chi connectivity index (χ4v) is 3.21. The summed E-state index contributed by atoms with van der Waals surface area (Å²) >= 11 is 1.27. The molecule has 0 bridgehead atoms. The number of carboxylic acids is 1. The van der Waals surface area contributed by atoms with Crippen LogP contribution in [0.2, 0.25) is 0 Å². The minimum Gasteiger partial charge on any atom is -0.481 e. The summed E-state index contributed by atoms with van der Waals surface area (Å²) in [6.45, 7) is 0. The maximum absolute atomic E-state index is 12.2. The van der Waals surface area contributed by atoms with E-state index in [0.717, 1.165) is 10.5 Å². The van der Waals surface area contributed by atoms with Gasteiger partial charge in [-0.15, -0.1) is 11.8 Å². The van der Waals surface area contributed by atoms with E-state index in [9.17, 15) is 19.7 Å². The Labute approximate surface area is 160 Å². The highest BCUT2D eigenvalue weighted by Gasteiger charge is 2.15. The van der Waals surface area contributed by atoms with Gasteiger partial charge in [-0.2, -0.15) is 0 Å². The highest BCUT2D eigenvalue weighted by atomic mass is 32.2. The number of aliphatic carboxylic acids is 1. The van der Waals surface area contributed by atoms with Crippen LogP contribution in [0.1, 0.15) is 18.4 Å². The van der Waals surface area contributed by atoms with Crippen molar-refractivity contribution < 1.29 is 19.6 Å². The molecular formula is C19H20N2O5S. The van der Waals surface area contributed by atoms with E-state index in [0.29, 0.717) is 12.8 Å². The van der Waals surface area contributed by atoms with Gasteiger partial charge in [-0.3, -0.25) is 19.7 Å². The van der Waals surface area contributed by atoms with Crippen LogP contribution in [-0.2, 0) is 16.0 Å². The van der Waals surface area contributed by atoms with Crippen LogP contribution in [0, 0.1) is 10.1 Å². The van der Waals surface area contributed by atoms with E-state index in [1.54, 1.807) is 12.1 Å². The van der Waals surface area contributed by atoms with Crippen molar-refractivity contribution in [2.24, 2.45) is 0 Å². The monoisotopic (exact) mass is 388 g/mol. The zero-order chi connectivity index (χ0) is 19.6. The van der Waals surface area contributed by atoms with Gasteiger partial charge in [0, 0.05) is 29.5 Å². The number of nitro groups is 1. The lowest BCUT2D eigenvalue weighted by Crippen LogP contribution is -2.38. The zero-order valence-electron chi connectivity index (χ0n) is 14.5. The number of nitrogens with one attached hydrogen (secondary N) is 1. The van der Waals surface area contributed by atoms with Gasteiger partial charge in [-0.25, -0.2) is 0 Å². The second kappa shape index (κ2) is 10.3. The molecule has 0 fully saturated rings. The molecule has 0 aliphatic rings. The first-order valence-electron chi connectivity index (χ1n) is 8.36. The third-order valence-electron chi connectivity index (χ3n) is 3.81. The van der Waals surface area contributed by atoms with Crippen molar-refractivity contribution in [1.29, 1.82) is 0 Å². The molecule has 2 aromatic rings. The van der Waals surface area contributed by atoms with E-state index >= 15 is 0 Å². The minimum absolute atomic E-state index is 0.000368. The molecule has 2 rings (SSSR count). The Morgan fingerprint density at radius 3 is 2.37 bits per heavy atom. The SMILES string of the molecule is O=C(O)CCC(Cc1ccccc1)NC(=O)CSc1ccc([N+](=O)[O-])cc1. The van der Waals surface area contributed by atoms with Crippen LogP contribution >= 0.6 is 11.8 Å². The highest BCUT2D eigenvalue weighted by Crippen LogP contribution is 2.21. The molecule has 1 amide bonds. The molecule has 0 radical (unpaired) electrons. The number of carbonyl (C=O) groups excluding carboxylic acids is 1. The van der Waals surface area contributed by atoms with Crippen molar-refractivity contribution >= 4 is 29.3 Å². The first kappa shape index (κ1) is 20.4. The molecule has 0 aliphatic heterocycles. The fourth-order valence-electron chi connectivity index (χ4n) is 2.50. The molecule has 0 saturated carbocycles. The Bertz CT molecular complexity index is 780. The average molecular weight is 388 g/mol. The number of benzene rings is 2. The first-order chi connectivity index (χ1) is 12.9. The van der Waals surface area contributed by atoms with Gasteiger partial charge in [-0.05, 0) is 30.5 Å². The zero-order valence-corrected chi connectivity index (χ0v) is 15.4. The van der Waals surface area contributed by atoms with E-state index in [1.807, 2.05) is 30.3 Å². The van der Waals surface area contributed by atoms with E-state index < -0.39 is 10.9 Å². The minimum atomic E-state index is -0.900. The Kier molecular flexibility index (Phi) is 7.81. The van der Waals surface area contributed by atoms with Crippen LogP contribution in [0.3, 0.4) is 0 Å². The van der Waals surface area contributed by atoms with Crippen molar-refractivity contribution in [3.05, 3.63) is 70.3 Å². The van der Waals surface area contributed by atoms with E-state index in [2.05, 4.69) is 5.32 Å².